The molecule has 1 heterocycles. The first-order valence-corrected chi connectivity index (χ1v) is 12.3. The Morgan fingerprint density at radius 2 is 1.77 bits per heavy atom. The van der Waals surface area contributed by atoms with E-state index >= 15 is 0 Å². The number of carbonyl (C=O) groups is 1. The van der Waals surface area contributed by atoms with Crippen molar-refractivity contribution in [2.24, 2.45) is 40.9 Å². The highest BCUT2D eigenvalue weighted by Crippen LogP contribution is 2.64. The summed E-state index contributed by atoms with van der Waals surface area (Å²) >= 11 is 0. The normalized spacial score (nSPS) is 45.9. The maximum absolute atomic E-state index is 13.3. The number of aryl methyl sites for hydroxylation is 1. The van der Waals surface area contributed by atoms with E-state index in [1.807, 2.05) is 13.8 Å². The van der Waals surface area contributed by atoms with Crippen LogP contribution < -0.4 is 0 Å². The molecule has 4 aliphatic carbocycles. The molecule has 0 aromatic carbocycles. The molecule has 0 aliphatic heterocycles. The second-order valence-electron chi connectivity index (χ2n) is 11.5. The quantitative estimate of drug-likeness (QED) is 0.810. The van der Waals surface area contributed by atoms with Crippen molar-refractivity contribution in [2.45, 2.75) is 97.1 Å². The molecular formula is C24H38N4O2. The van der Waals surface area contributed by atoms with Gasteiger partial charge in [-0.1, -0.05) is 6.92 Å². The van der Waals surface area contributed by atoms with Gasteiger partial charge in [0.1, 0.15) is 12.4 Å². The Labute approximate surface area is 180 Å². The molecule has 4 saturated carbocycles. The Kier molecular flexibility index (Phi) is 5.07. The highest BCUT2D eigenvalue weighted by atomic mass is 16.3. The third-order valence-corrected chi connectivity index (χ3v) is 9.99. The average Bonchev–Trinajstić information content (AvgIpc) is 3.22. The molecule has 1 N–H and O–H groups in total. The van der Waals surface area contributed by atoms with Gasteiger partial charge in [-0.3, -0.25) is 4.79 Å². The van der Waals surface area contributed by atoms with Crippen molar-refractivity contribution in [3.8, 4) is 0 Å². The van der Waals surface area contributed by atoms with Gasteiger partial charge in [0.05, 0.1) is 5.60 Å². The predicted molar refractivity (Wildman–Crippen MR) is 113 cm³/mol. The third kappa shape index (κ3) is 3.34. The Morgan fingerprint density at radius 3 is 2.53 bits per heavy atom. The first kappa shape index (κ1) is 20.6. The molecule has 0 spiro atoms. The van der Waals surface area contributed by atoms with Gasteiger partial charge in [0.2, 0.25) is 0 Å². The summed E-state index contributed by atoms with van der Waals surface area (Å²) in [5.41, 5.74) is -0.321. The third-order valence-electron chi connectivity index (χ3n) is 9.99. The van der Waals surface area contributed by atoms with Gasteiger partial charge in [-0.25, -0.2) is 4.68 Å². The maximum Gasteiger partial charge on any atom is 0.158 e. The second kappa shape index (κ2) is 7.39. The fourth-order valence-electron chi connectivity index (χ4n) is 8.32. The molecular weight excluding hydrogens is 376 g/mol. The zero-order chi connectivity index (χ0) is 21.1. The molecule has 8 atom stereocenters. The van der Waals surface area contributed by atoms with Crippen LogP contribution in [-0.2, 0) is 11.3 Å². The summed E-state index contributed by atoms with van der Waals surface area (Å²) in [5, 5.41) is 22.3. The van der Waals surface area contributed by atoms with Crippen molar-refractivity contribution >= 4 is 5.78 Å². The van der Waals surface area contributed by atoms with Crippen LogP contribution in [0, 0.1) is 47.8 Å². The summed E-state index contributed by atoms with van der Waals surface area (Å²) in [6, 6.07) is 0. The van der Waals surface area contributed by atoms with Gasteiger partial charge < -0.3 is 5.11 Å². The van der Waals surface area contributed by atoms with Crippen molar-refractivity contribution in [1.29, 1.82) is 0 Å². The lowest BCUT2D eigenvalue weighted by atomic mass is 9.50. The number of tetrazole rings is 1. The van der Waals surface area contributed by atoms with Gasteiger partial charge in [-0.2, -0.15) is 0 Å². The fourth-order valence-corrected chi connectivity index (χ4v) is 8.32. The summed E-state index contributed by atoms with van der Waals surface area (Å²) in [7, 11) is 0. The molecule has 4 fully saturated rings. The standard InChI is InChI=1S/C24H38N4O2/c1-15-25-26-27-28(15)14-22(29)21-7-6-20-19-5-4-16-8-11-23(2,30)12-9-17(16)18(19)10-13-24(20,21)3/h16-21,30H,4-14H2,1-3H3/t16-,17+,18-,19-,20+,21-,23+,24+/m1/s1. The first-order chi connectivity index (χ1) is 14.3. The number of aliphatic hydroxyl groups is 1. The molecule has 6 nitrogen and oxygen atoms in total. The highest BCUT2D eigenvalue weighted by molar-refractivity contribution is 5.82. The molecule has 1 aromatic heterocycles. The summed E-state index contributed by atoms with van der Waals surface area (Å²) in [6.45, 7) is 6.64. The molecule has 0 radical (unpaired) electrons. The maximum atomic E-state index is 13.3. The number of ketones is 1. The Morgan fingerprint density at radius 1 is 1.00 bits per heavy atom. The largest absolute Gasteiger partial charge is 0.390 e. The molecule has 166 valence electrons. The number of hydrogen-bond donors (Lipinski definition) is 1. The Bertz CT molecular complexity index is 805. The number of hydrogen-bond acceptors (Lipinski definition) is 5. The lowest BCUT2D eigenvalue weighted by Gasteiger charge is -2.54. The fraction of sp³-hybridized carbons (Fsp3) is 0.917. The van der Waals surface area contributed by atoms with Crippen molar-refractivity contribution in [3.63, 3.8) is 0 Å². The van der Waals surface area contributed by atoms with Crippen LogP contribution in [0.5, 0.6) is 0 Å². The predicted octanol–water partition coefficient (Wildman–Crippen LogP) is 3.96. The van der Waals surface area contributed by atoms with Crippen molar-refractivity contribution in [1.82, 2.24) is 20.2 Å². The zero-order valence-corrected chi connectivity index (χ0v) is 18.9. The summed E-state index contributed by atoms with van der Waals surface area (Å²) in [4.78, 5) is 13.3. The van der Waals surface area contributed by atoms with Gasteiger partial charge >= 0.3 is 0 Å². The van der Waals surface area contributed by atoms with E-state index in [0.29, 0.717) is 24.1 Å². The monoisotopic (exact) mass is 414 g/mol. The lowest BCUT2D eigenvalue weighted by molar-refractivity contribution is -0.130. The minimum Gasteiger partial charge on any atom is -0.390 e. The molecule has 4 aliphatic rings. The number of aromatic nitrogens is 4. The van der Waals surface area contributed by atoms with E-state index in [4.69, 9.17) is 0 Å². The highest BCUT2D eigenvalue weighted by Gasteiger charge is 2.58. The van der Waals surface area contributed by atoms with Gasteiger partial charge in [-0.05, 0) is 123 Å². The van der Waals surface area contributed by atoms with E-state index in [1.165, 1.54) is 44.9 Å². The SMILES string of the molecule is Cc1nnnn1CC(=O)[C@H]1CC[C@H]2[C@@H]3CC[C@@H]4CC[C@](C)(O)CC[C@@H]4[C@H]3CC[C@]12C. The van der Waals surface area contributed by atoms with Gasteiger partial charge in [-0.15, -0.1) is 5.10 Å². The van der Waals surface area contributed by atoms with Crippen LogP contribution in [0.1, 0.15) is 83.9 Å². The van der Waals surface area contributed by atoms with Gasteiger partial charge in [0.15, 0.2) is 5.78 Å². The molecule has 0 unspecified atom stereocenters. The Hall–Kier alpha value is -1.30. The molecule has 6 heteroatoms. The number of Topliss-reactive ketones (excluding diaryl/α,β-unsaturated/α-hetero) is 1. The van der Waals surface area contributed by atoms with E-state index in [1.54, 1.807) is 4.68 Å². The van der Waals surface area contributed by atoms with E-state index < -0.39 is 5.60 Å². The molecule has 30 heavy (non-hydrogen) atoms. The molecule has 1 aromatic rings. The van der Waals surface area contributed by atoms with Crippen LogP contribution in [0.4, 0.5) is 0 Å². The first-order valence-electron chi connectivity index (χ1n) is 12.3. The summed E-state index contributed by atoms with van der Waals surface area (Å²) < 4.78 is 1.66. The van der Waals surface area contributed by atoms with Crippen LogP contribution in [0.25, 0.3) is 0 Å². The van der Waals surface area contributed by atoms with E-state index in [9.17, 15) is 9.90 Å². The number of fused-ring (bicyclic) bond motifs is 5. The topological polar surface area (TPSA) is 80.9 Å². The second-order valence-corrected chi connectivity index (χ2v) is 11.5. The number of carbonyl (C=O) groups excluding carboxylic acids is 1. The Balaban J connectivity index is 1.32. The zero-order valence-electron chi connectivity index (χ0n) is 18.9. The number of nitrogens with zero attached hydrogens (tertiary/aromatic N) is 4. The van der Waals surface area contributed by atoms with Gasteiger partial charge in [0, 0.05) is 5.92 Å². The van der Waals surface area contributed by atoms with Crippen molar-refractivity contribution in [2.75, 3.05) is 0 Å². The smallest absolute Gasteiger partial charge is 0.158 e. The molecule has 0 saturated heterocycles. The molecule has 0 bridgehead atoms. The van der Waals surface area contributed by atoms with Crippen molar-refractivity contribution < 1.29 is 9.90 Å². The average molecular weight is 415 g/mol. The van der Waals surface area contributed by atoms with Crippen LogP contribution in [0.15, 0.2) is 0 Å². The van der Waals surface area contributed by atoms with E-state index in [0.717, 1.165) is 42.9 Å². The molecule has 0 amide bonds. The minimum absolute atomic E-state index is 0.142. The van der Waals surface area contributed by atoms with Gasteiger partial charge in [0.25, 0.3) is 0 Å². The minimum atomic E-state index is -0.463. The summed E-state index contributed by atoms with van der Waals surface area (Å²) in [5.74, 6) is 5.07. The van der Waals surface area contributed by atoms with E-state index in [-0.39, 0.29) is 11.3 Å². The number of rotatable bonds is 3. The van der Waals surface area contributed by atoms with E-state index in [2.05, 4.69) is 22.4 Å². The van der Waals surface area contributed by atoms with Crippen LogP contribution in [0.2, 0.25) is 0 Å². The van der Waals surface area contributed by atoms with Crippen LogP contribution in [0.3, 0.4) is 0 Å². The van der Waals surface area contributed by atoms with Crippen molar-refractivity contribution in [3.05, 3.63) is 5.82 Å². The lowest BCUT2D eigenvalue weighted by Crippen LogP contribution is -2.48. The van der Waals surface area contributed by atoms with Crippen LogP contribution in [-0.4, -0.2) is 36.7 Å². The molecule has 5 rings (SSSR count). The van der Waals surface area contributed by atoms with Crippen LogP contribution >= 0.6 is 0 Å². The summed E-state index contributed by atoms with van der Waals surface area (Å²) in [6.07, 6.45) is 11.7.